The molecule has 0 aromatic carbocycles. The van der Waals surface area contributed by atoms with E-state index in [1.54, 1.807) is 0 Å². The van der Waals surface area contributed by atoms with E-state index in [4.69, 9.17) is 15.2 Å². The second-order valence-electron chi connectivity index (χ2n) is 7.25. The lowest BCUT2D eigenvalue weighted by Crippen LogP contribution is -2.40. The highest BCUT2D eigenvalue weighted by molar-refractivity contribution is 5.85. The Morgan fingerprint density at radius 1 is 0.864 bits per heavy atom. The molecule has 0 saturated heterocycles. The molecule has 2 unspecified atom stereocenters. The molecule has 132 valence electrons. The van der Waals surface area contributed by atoms with E-state index >= 15 is 0 Å². The van der Waals surface area contributed by atoms with Crippen LogP contribution in [0, 0.1) is 11.8 Å². The number of hydrogen-bond donors (Lipinski definition) is 1. The van der Waals surface area contributed by atoms with Crippen LogP contribution in [0.5, 0.6) is 0 Å². The number of ether oxygens (including phenoxy) is 2. The molecule has 2 saturated carbocycles. The highest BCUT2D eigenvalue weighted by atomic mass is 35.5. The van der Waals surface area contributed by atoms with Gasteiger partial charge in [-0.05, 0) is 44.4 Å². The minimum atomic E-state index is 0. The Bertz CT molecular complexity index is 266. The first kappa shape index (κ1) is 20.2. The summed E-state index contributed by atoms with van der Waals surface area (Å²) in [5, 5.41) is 0. The lowest BCUT2D eigenvalue weighted by molar-refractivity contribution is -0.0108. The molecule has 0 bridgehead atoms. The molecule has 0 amide bonds. The Labute approximate surface area is 143 Å². The van der Waals surface area contributed by atoms with E-state index in [1.807, 2.05) is 0 Å². The fourth-order valence-corrected chi connectivity index (χ4v) is 3.63. The van der Waals surface area contributed by atoms with Crippen LogP contribution in [0.15, 0.2) is 0 Å². The third kappa shape index (κ3) is 7.63. The van der Waals surface area contributed by atoms with Crippen molar-refractivity contribution in [3.8, 4) is 0 Å². The van der Waals surface area contributed by atoms with E-state index in [0.717, 1.165) is 25.0 Å². The number of rotatable bonds is 8. The molecule has 2 atom stereocenters. The van der Waals surface area contributed by atoms with Crippen LogP contribution in [-0.4, -0.2) is 32.0 Å². The van der Waals surface area contributed by atoms with Gasteiger partial charge in [0.2, 0.25) is 0 Å². The SMILES string of the molecule is CC(OCC1CCCCC1)C(N)COCC1CCCCC1.Cl. The summed E-state index contributed by atoms with van der Waals surface area (Å²) in [7, 11) is 0. The average molecular weight is 334 g/mol. The van der Waals surface area contributed by atoms with Crippen molar-refractivity contribution in [2.75, 3.05) is 19.8 Å². The van der Waals surface area contributed by atoms with Crippen LogP contribution in [0.1, 0.15) is 71.1 Å². The van der Waals surface area contributed by atoms with Crippen molar-refractivity contribution in [2.45, 2.75) is 83.3 Å². The largest absolute Gasteiger partial charge is 0.379 e. The van der Waals surface area contributed by atoms with E-state index in [9.17, 15) is 0 Å². The molecule has 3 nitrogen and oxygen atoms in total. The van der Waals surface area contributed by atoms with Gasteiger partial charge < -0.3 is 15.2 Å². The van der Waals surface area contributed by atoms with Gasteiger partial charge in [0.25, 0.3) is 0 Å². The number of hydrogen-bond acceptors (Lipinski definition) is 3. The molecule has 2 N–H and O–H groups in total. The molecule has 0 aromatic rings. The van der Waals surface area contributed by atoms with Crippen molar-refractivity contribution in [2.24, 2.45) is 17.6 Å². The van der Waals surface area contributed by atoms with Crippen molar-refractivity contribution in [1.82, 2.24) is 0 Å². The maximum absolute atomic E-state index is 6.20. The summed E-state index contributed by atoms with van der Waals surface area (Å²) in [4.78, 5) is 0. The Morgan fingerprint density at radius 2 is 1.36 bits per heavy atom. The first-order valence-corrected chi connectivity index (χ1v) is 9.20. The fraction of sp³-hybridized carbons (Fsp3) is 1.00. The molecule has 2 aliphatic rings. The molecule has 0 aliphatic heterocycles. The molecule has 0 radical (unpaired) electrons. The molecule has 22 heavy (non-hydrogen) atoms. The predicted molar refractivity (Wildman–Crippen MR) is 94.6 cm³/mol. The van der Waals surface area contributed by atoms with Gasteiger partial charge >= 0.3 is 0 Å². The maximum atomic E-state index is 6.20. The van der Waals surface area contributed by atoms with Crippen molar-refractivity contribution >= 4 is 12.4 Å². The van der Waals surface area contributed by atoms with E-state index in [-0.39, 0.29) is 24.6 Å². The third-order valence-electron chi connectivity index (χ3n) is 5.31. The second-order valence-corrected chi connectivity index (χ2v) is 7.25. The molecule has 0 aromatic heterocycles. The van der Waals surface area contributed by atoms with Crippen LogP contribution in [-0.2, 0) is 9.47 Å². The van der Waals surface area contributed by atoms with E-state index in [0.29, 0.717) is 6.61 Å². The average Bonchev–Trinajstić information content (AvgIpc) is 2.54. The van der Waals surface area contributed by atoms with Crippen LogP contribution in [0.3, 0.4) is 0 Å². The van der Waals surface area contributed by atoms with Gasteiger partial charge in [-0.2, -0.15) is 0 Å². The van der Waals surface area contributed by atoms with Crippen molar-refractivity contribution < 1.29 is 9.47 Å². The van der Waals surface area contributed by atoms with Gasteiger partial charge in [-0.25, -0.2) is 0 Å². The lowest BCUT2D eigenvalue weighted by atomic mass is 9.90. The topological polar surface area (TPSA) is 44.5 Å². The molecule has 0 spiro atoms. The van der Waals surface area contributed by atoms with Gasteiger partial charge in [-0.15, -0.1) is 12.4 Å². The zero-order valence-corrected chi connectivity index (χ0v) is 15.1. The molecule has 4 heteroatoms. The molecule has 2 aliphatic carbocycles. The number of halogens is 1. The summed E-state index contributed by atoms with van der Waals surface area (Å²) >= 11 is 0. The van der Waals surface area contributed by atoms with Crippen molar-refractivity contribution in [3.05, 3.63) is 0 Å². The summed E-state index contributed by atoms with van der Waals surface area (Å²) in [6.45, 7) is 4.51. The molecular weight excluding hydrogens is 298 g/mol. The van der Waals surface area contributed by atoms with E-state index in [1.165, 1.54) is 64.2 Å². The van der Waals surface area contributed by atoms with Crippen LogP contribution in [0.2, 0.25) is 0 Å². The van der Waals surface area contributed by atoms with E-state index in [2.05, 4.69) is 6.92 Å². The minimum Gasteiger partial charge on any atom is -0.379 e. The Hall–Kier alpha value is 0.170. The van der Waals surface area contributed by atoms with Crippen molar-refractivity contribution in [3.63, 3.8) is 0 Å². The number of nitrogens with two attached hydrogens (primary N) is 1. The monoisotopic (exact) mass is 333 g/mol. The van der Waals surface area contributed by atoms with Gasteiger partial charge in [0.1, 0.15) is 0 Å². The van der Waals surface area contributed by atoms with Gasteiger partial charge in [-0.1, -0.05) is 38.5 Å². The van der Waals surface area contributed by atoms with Gasteiger partial charge in [0.15, 0.2) is 0 Å². The van der Waals surface area contributed by atoms with Gasteiger partial charge in [0.05, 0.1) is 18.8 Å². The van der Waals surface area contributed by atoms with Crippen LogP contribution in [0.25, 0.3) is 0 Å². The minimum absolute atomic E-state index is 0. The standard InChI is InChI=1S/C18H35NO2.ClH/c1-15(21-13-17-10-6-3-7-11-17)18(19)14-20-12-16-8-4-2-5-9-16;/h15-18H,2-14,19H2,1H3;1H. The lowest BCUT2D eigenvalue weighted by Gasteiger charge is -2.27. The zero-order chi connectivity index (χ0) is 14.9. The molecular formula is C18H36ClNO2. The van der Waals surface area contributed by atoms with Gasteiger partial charge in [0, 0.05) is 13.2 Å². The normalized spacial score (nSPS) is 23.7. The smallest absolute Gasteiger partial charge is 0.0720 e. The first-order valence-electron chi connectivity index (χ1n) is 9.20. The van der Waals surface area contributed by atoms with Crippen LogP contribution < -0.4 is 5.73 Å². The quantitative estimate of drug-likeness (QED) is 0.719. The first-order chi connectivity index (χ1) is 10.3. The summed E-state index contributed by atoms with van der Waals surface area (Å²) in [6, 6.07) is 0.0113. The summed E-state index contributed by atoms with van der Waals surface area (Å²) in [5.41, 5.74) is 6.20. The molecule has 2 fully saturated rings. The highest BCUT2D eigenvalue weighted by Gasteiger charge is 2.19. The van der Waals surface area contributed by atoms with Crippen LogP contribution >= 0.6 is 12.4 Å². The Kier molecular flexibility index (Phi) is 10.7. The summed E-state index contributed by atoms with van der Waals surface area (Å²) < 4.78 is 11.8. The van der Waals surface area contributed by atoms with E-state index < -0.39 is 0 Å². The third-order valence-corrected chi connectivity index (χ3v) is 5.31. The molecule has 2 rings (SSSR count). The Morgan fingerprint density at radius 3 is 1.91 bits per heavy atom. The maximum Gasteiger partial charge on any atom is 0.0720 e. The summed E-state index contributed by atoms with van der Waals surface area (Å²) in [5.74, 6) is 1.53. The summed E-state index contributed by atoms with van der Waals surface area (Å²) in [6.07, 6.45) is 13.8. The van der Waals surface area contributed by atoms with Crippen LogP contribution in [0.4, 0.5) is 0 Å². The highest BCUT2D eigenvalue weighted by Crippen LogP contribution is 2.25. The fourth-order valence-electron chi connectivity index (χ4n) is 3.63. The molecule has 0 heterocycles. The zero-order valence-electron chi connectivity index (χ0n) is 14.3. The predicted octanol–water partition coefficient (Wildman–Crippen LogP) is 4.32. The van der Waals surface area contributed by atoms with Gasteiger partial charge in [-0.3, -0.25) is 0 Å². The Balaban J connectivity index is 0.00000242. The second kappa shape index (κ2) is 11.7. The van der Waals surface area contributed by atoms with Crippen molar-refractivity contribution in [1.29, 1.82) is 0 Å².